The maximum absolute atomic E-state index is 12.4. The molecule has 0 bridgehead atoms. The summed E-state index contributed by atoms with van der Waals surface area (Å²) in [5, 5.41) is 14.8. The van der Waals surface area contributed by atoms with Gasteiger partial charge in [-0.25, -0.2) is 0 Å². The van der Waals surface area contributed by atoms with Gasteiger partial charge in [0.15, 0.2) is 0 Å². The van der Waals surface area contributed by atoms with Gasteiger partial charge in [0.25, 0.3) is 0 Å². The van der Waals surface area contributed by atoms with E-state index in [1.54, 1.807) is 0 Å². The molecule has 5 heteroatoms. The molecule has 0 saturated heterocycles. The van der Waals surface area contributed by atoms with Crippen LogP contribution in [0.15, 0.2) is 212 Å². The molecule has 11 rings (SSSR count). The average molecular weight is 1100 g/mol. The number of rotatable bonds is 8. The van der Waals surface area contributed by atoms with Crippen molar-refractivity contribution in [3.8, 4) is 89.7 Å². The molecule has 4 nitrogen and oxygen atoms in total. The Morgan fingerprint density at radius 2 is 0.958 bits per heavy atom. The molecule has 0 radical (unpaired) electrons. The third-order valence-corrected chi connectivity index (χ3v) is 13.5. The molecule has 0 aliphatic heterocycles. The van der Waals surface area contributed by atoms with Crippen molar-refractivity contribution in [3.05, 3.63) is 230 Å². The maximum Gasteiger partial charge on any atom is 0.132 e. The van der Waals surface area contributed by atoms with E-state index in [2.05, 4.69) is 210 Å². The Bertz CT molecular complexity index is 3700. The van der Waals surface area contributed by atoms with E-state index in [0.717, 1.165) is 83.7 Å². The van der Waals surface area contributed by atoms with Crippen LogP contribution in [-0.4, -0.2) is 19.6 Å². The minimum atomic E-state index is -0.0884. The summed E-state index contributed by atoms with van der Waals surface area (Å²) in [5.41, 5.74) is 18.3. The van der Waals surface area contributed by atoms with Crippen LogP contribution in [0.5, 0.6) is 5.75 Å². The van der Waals surface area contributed by atoms with Crippen LogP contribution < -0.4 is 0 Å². The predicted molar refractivity (Wildman–Crippen MR) is 292 cm³/mol. The summed E-state index contributed by atoms with van der Waals surface area (Å²) in [6, 6.07) is 76.0. The monoisotopic (exact) mass is 1100 g/mol. The summed E-state index contributed by atoms with van der Waals surface area (Å²) in [6.07, 6.45) is 1.90. The normalized spacial score (nSPS) is 11.7. The van der Waals surface area contributed by atoms with E-state index < -0.39 is 0 Å². The van der Waals surface area contributed by atoms with Crippen molar-refractivity contribution < 1.29 is 26.2 Å². The Morgan fingerprint density at radius 3 is 1.65 bits per heavy atom. The number of aromatic hydroxyl groups is 1. The van der Waals surface area contributed by atoms with Crippen molar-refractivity contribution in [3.63, 3.8) is 0 Å². The molecule has 0 fully saturated rings. The van der Waals surface area contributed by atoms with Crippen molar-refractivity contribution in [1.82, 2.24) is 14.5 Å². The fourth-order valence-electron chi connectivity index (χ4n) is 9.71. The van der Waals surface area contributed by atoms with Gasteiger partial charge in [-0.1, -0.05) is 198 Å². The molecule has 3 aromatic heterocycles. The number of nitrogens with zero attached hydrogens (tertiary/aromatic N) is 3. The first-order valence-corrected chi connectivity index (χ1v) is 24.1. The first kappa shape index (κ1) is 47.0. The zero-order valence-electron chi connectivity index (χ0n) is 40.8. The van der Waals surface area contributed by atoms with Gasteiger partial charge >= 0.3 is 0 Å². The van der Waals surface area contributed by atoms with E-state index >= 15 is 0 Å². The summed E-state index contributed by atoms with van der Waals surface area (Å²) in [7, 11) is 0. The van der Waals surface area contributed by atoms with Gasteiger partial charge in [-0.3, -0.25) is 9.97 Å². The third-order valence-electron chi connectivity index (χ3n) is 13.5. The smallest absolute Gasteiger partial charge is 0.132 e. The quantitative estimate of drug-likeness (QED) is 0.154. The molecule has 3 heterocycles. The SMILES string of the molecule is CC(C)(C)c1cc(-c2cc(-c3[c-]c(-c4cc(-c5cccc6c7ccccc7n(-c7ccccc7)c56)ccn4)ccc3)nc(-c3cc(-c4ccccc4)cc(-c4ccccc4)c3O)c2)cc(C(C)(C)C)c1.[Pt]. The molecule has 0 unspecified atom stereocenters. The average Bonchev–Trinajstić information content (AvgIpc) is 3.73. The molecule has 0 amide bonds. The van der Waals surface area contributed by atoms with Gasteiger partial charge in [-0.05, 0) is 97.8 Å². The number of pyridine rings is 2. The van der Waals surface area contributed by atoms with E-state index in [1.165, 1.54) is 21.9 Å². The summed E-state index contributed by atoms with van der Waals surface area (Å²) < 4.78 is 2.38. The summed E-state index contributed by atoms with van der Waals surface area (Å²) in [6.45, 7) is 13.6. The van der Waals surface area contributed by atoms with E-state index in [4.69, 9.17) is 9.97 Å². The number of hydrogen-bond donors (Lipinski definition) is 1. The zero-order chi connectivity index (χ0) is 48.1. The van der Waals surface area contributed by atoms with Gasteiger partial charge in [0, 0.05) is 71.8 Å². The fourth-order valence-corrected chi connectivity index (χ4v) is 9.71. The van der Waals surface area contributed by atoms with Gasteiger partial charge in [0.05, 0.1) is 16.7 Å². The van der Waals surface area contributed by atoms with Gasteiger partial charge in [0.2, 0.25) is 0 Å². The second-order valence-electron chi connectivity index (χ2n) is 20.4. The van der Waals surface area contributed by atoms with Crippen LogP contribution in [0.1, 0.15) is 52.7 Å². The van der Waals surface area contributed by atoms with E-state index in [9.17, 15) is 5.11 Å². The molecule has 0 saturated carbocycles. The van der Waals surface area contributed by atoms with Crippen molar-refractivity contribution in [2.45, 2.75) is 52.4 Å². The number of phenols is 1. The topological polar surface area (TPSA) is 50.9 Å². The Labute approximate surface area is 431 Å². The fraction of sp³-hybridized carbons (Fsp3) is 0.121. The second-order valence-corrected chi connectivity index (χ2v) is 20.4. The summed E-state index contributed by atoms with van der Waals surface area (Å²) in [5.74, 6) is 0.181. The van der Waals surface area contributed by atoms with Gasteiger partial charge < -0.3 is 9.67 Å². The number of para-hydroxylation sites is 3. The molecular weight excluding hydrogens is 1050 g/mol. The van der Waals surface area contributed by atoms with E-state index in [0.29, 0.717) is 11.3 Å². The second kappa shape index (κ2) is 18.9. The van der Waals surface area contributed by atoms with Crippen molar-refractivity contribution in [2.24, 2.45) is 0 Å². The van der Waals surface area contributed by atoms with Crippen LogP contribution in [0.25, 0.3) is 106 Å². The molecule has 8 aromatic carbocycles. The third kappa shape index (κ3) is 9.17. The molecule has 350 valence electrons. The summed E-state index contributed by atoms with van der Waals surface area (Å²) >= 11 is 0. The molecule has 71 heavy (non-hydrogen) atoms. The molecule has 11 aromatic rings. The van der Waals surface area contributed by atoms with Gasteiger partial charge in [-0.2, -0.15) is 0 Å². The minimum absolute atomic E-state index is 0. The Balaban J connectivity index is 0.00000582. The zero-order valence-corrected chi connectivity index (χ0v) is 43.1. The predicted octanol–water partition coefficient (Wildman–Crippen LogP) is 17.3. The first-order chi connectivity index (χ1) is 33.9. The van der Waals surface area contributed by atoms with Gasteiger partial charge in [0.1, 0.15) is 5.75 Å². The van der Waals surface area contributed by atoms with Crippen LogP contribution in [-0.2, 0) is 31.9 Å². The molecule has 0 aliphatic rings. The van der Waals surface area contributed by atoms with Gasteiger partial charge in [-0.15, -0.1) is 24.3 Å². The van der Waals surface area contributed by atoms with Crippen LogP contribution in [0.4, 0.5) is 0 Å². The minimum Gasteiger partial charge on any atom is -0.507 e. The Morgan fingerprint density at radius 1 is 0.423 bits per heavy atom. The Hall–Kier alpha value is -7.65. The first-order valence-electron chi connectivity index (χ1n) is 24.1. The molecule has 1 N–H and O–H groups in total. The maximum atomic E-state index is 12.4. The van der Waals surface area contributed by atoms with Crippen LogP contribution in [0.2, 0.25) is 0 Å². The number of fused-ring (bicyclic) bond motifs is 3. The Kier molecular flexibility index (Phi) is 12.5. The van der Waals surface area contributed by atoms with Crippen molar-refractivity contribution in [1.29, 1.82) is 0 Å². The summed E-state index contributed by atoms with van der Waals surface area (Å²) in [4.78, 5) is 10.4. The molecule has 0 spiro atoms. The molecular formula is C66H54N3OPt-. The van der Waals surface area contributed by atoms with Crippen LogP contribution in [0, 0.1) is 6.07 Å². The number of hydrogen-bond acceptors (Lipinski definition) is 3. The van der Waals surface area contributed by atoms with E-state index in [1.807, 2.05) is 54.7 Å². The molecule has 0 aliphatic carbocycles. The van der Waals surface area contributed by atoms with Crippen LogP contribution >= 0.6 is 0 Å². The standard InChI is InChI=1S/C66H54N3O.Pt/c1-65(2,3)51-35-48(36-52(42-51)66(4,5)6)50-40-60(68-61(41-50)58-38-49(43-20-10-7-11-21-43)37-57(64(58)70)44-22-12-8-13-23-44)47-25-18-24-46(34-47)59-39-45(32-33-67-59)54-29-19-30-56-55-28-16-17-31-62(55)69(63(54)56)53-26-14-9-15-27-53;/h7-33,35-42,70H,1-6H3;/q-1;. The van der Waals surface area contributed by atoms with Crippen LogP contribution in [0.3, 0.4) is 0 Å². The van der Waals surface area contributed by atoms with Crippen molar-refractivity contribution >= 4 is 21.8 Å². The van der Waals surface area contributed by atoms with E-state index in [-0.39, 0.29) is 37.6 Å². The number of aromatic nitrogens is 3. The number of phenolic OH excluding ortho intramolecular Hbond substituents is 1. The molecule has 0 atom stereocenters. The van der Waals surface area contributed by atoms with Crippen molar-refractivity contribution in [2.75, 3.05) is 0 Å². The largest absolute Gasteiger partial charge is 0.507 e. The number of benzene rings is 8.